The molecule has 0 spiro atoms. The molecule has 0 saturated carbocycles. The molecular weight excluding hydrogens is 516 g/mol. The molecule has 0 aliphatic rings. The Balaban J connectivity index is 1.44. The topological polar surface area (TPSA) is 71.1 Å². The van der Waals surface area contributed by atoms with Crippen molar-refractivity contribution >= 4 is 11.9 Å². The Morgan fingerprint density at radius 2 is 1.34 bits per heavy atom. The molecule has 1 atom stereocenters. The number of ether oxygens (including phenoxy) is 4. The van der Waals surface area contributed by atoms with E-state index < -0.39 is 0 Å². The zero-order chi connectivity index (χ0) is 29.1. The molecule has 3 aromatic rings. The average Bonchev–Trinajstić information content (AvgIpc) is 3.01. The van der Waals surface area contributed by atoms with Gasteiger partial charge in [0.15, 0.2) is 0 Å². The van der Waals surface area contributed by atoms with E-state index in [1.54, 1.807) is 12.1 Å². The first-order valence-corrected chi connectivity index (χ1v) is 14.4. The fourth-order valence-corrected chi connectivity index (χ4v) is 4.46. The summed E-state index contributed by atoms with van der Waals surface area (Å²) in [7, 11) is 2.81. The van der Waals surface area contributed by atoms with E-state index in [-0.39, 0.29) is 11.9 Å². The number of para-hydroxylation sites is 1. The van der Waals surface area contributed by atoms with Gasteiger partial charge >= 0.3 is 11.9 Å². The van der Waals surface area contributed by atoms with Gasteiger partial charge in [-0.1, -0.05) is 61.0 Å². The van der Waals surface area contributed by atoms with Gasteiger partial charge in [-0.05, 0) is 92.0 Å². The number of carbonyl (C=O) groups is 2. The third-order valence-corrected chi connectivity index (χ3v) is 6.81. The van der Waals surface area contributed by atoms with E-state index in [4.69, 9.17) is 18.9 Å². The highest BCUT2D eigenvalue weighted by Crippen LogP contribution is 2.20. The number of allylic oxidation sites excluding steroid dienone is 2. The highest BCUT2D eigenvalue weighted by molar-refractivity contribution is 5.89. The molecule has 0 N–H and O–H groups in total. The molecule has 0 saturated heterocycles. The van der Waals surface area contributed by atoms with Crippen LogP contribution in [0.3, 0.4) is 0 Å². The van der Waals surface area contributed by atoms with Crippen LogP contribution in [0.1, 0.15) is 60.0 Å². The van der Waals surface area contributed by atoms with Crippen LogP contribution in [0.25, 0.3) is 0 Å². The van der Waals surface area contributed by atoms with Gasteiger partial charge in [-0.25, -0.2) is 4.79 Å². The smallest absolute Gasteiger partial charge is 0.337 e. The molecule has 0 aliphatic heterocycles. The van der Waals surface area contributed by atoms with E-state index >= 15 is 0 Å². The molecule has 3 rings (SSSR count). The van der Waals surface area contributed by atoms with Crippen LogP contribution in [0, 0.1) is 5.92 Å². The quantitative estimate of drug-likeness (QED) is 0.0920. The number of rotatable bonds is 18. The van der Waals surface area contributed by atoms with Crippen LogP contribution in [-0.4, -0.2) is 39.4 Å². The third kappa shape index (κ3) is 12.3. The fourth-order valence-electron chi connectivity index (χ4n) is 4.46. The van der Waals surface area contributed by atoms with Gasteiger partial charge in [0.05, 0.1) is 33.0 Å². The van der Waals surface area contributed by atoms with Gasteiger partial charge in [0.2, 0.25) is 0 Å². The van der Waals surface area contributed by atoms with E-state index in [1.165, 1.54) is 19.8 Å². The number of benzene rings is 3. The van der Waals surface area contributed by atoms with Crippen molar-refractivity contribution in [2.45, 2.75) is 51.4 Å². The molecule has 41 heavy (non-hydrogen) atoms. The van der Waals surface area contributed by atoms with Gasteiger partial charge in [0.1, 0.15) is 11.5 Å². The van der Waals surface area contributed by atoms with E-state index in [0.29, 0.717) is 31.1 Å². The van der Waals surface area contributed by atoms with Crippen molar-refractivity contribution in [1.29, 1.82) is 0 Å². The van der Waals surface area contributed by atoms with Crippen molar-refractivity contribution in [3.05, 3.63) is 108 Å². The molecule has 0 amide bonds. The summed E-state index contributed by atoms with van der Waals surface area (Å²) in [5.41, 5.74) is 2.93. The van der Waals surface area contributed by atoms with Crippen LogP contribution in [0.15, 0.2) is 91.0 Å². The Kier molecular flexibility index (Phi) is 14.1. The predicted molar refractivity (Wildman–Crippen MR) is 161 cm³/mol. The SMILES string of the molecule is COC(=O)CCCCC(/C=C\Cc1ccc(OCCCCOc2ccccc2)cc1)Cc1ccc(C(=O)OC)cc1. The molecular formula is C35H42O6. The molecule has 0 aliphatic carbocycles. The molecule has 0 fully saturated rings. The zero-order valence-corrected chi connectivity index (χ0v) is 24.3. The van der Waals surface area contributed by atoms with Gasteiger partial charge in [0.25, 0.3) is 0 Å². The third-order valence-electron chi connectivity index (χ3n) is 6.81. The molecule has 6 nitrogen and oxygen atoms in total. The van der Waals surface area contributed by atoms with Crippen LogP contribution < -0.4 is 9.47 Å². The van der Waals surface area contributed by atoms with Crippen molar-refractivity contribution in [3.8, 4) is 11.5 Å². The minimum atomic E-state index is -0.333. The minimum absolute atomic E-state index is 0.167. The Morgan fingerprint density at radius 1 is 0.707 bits per heavy atom. The number of unbranched alkanes of at least 4 members (excludes halogenated alkanes) is 2. The number of hydrogen-bond acceptors (Lipinski definition) is 6. The highest BCUT2D eigenvalue weighted by Gasteiger charge is 2.10. The lowest BCUT2D eigenvalue weighted by molar-refractivity contribution is -0.140. The summed E-state index contributed by atoms with van der Waals surface area (Å²) in [5.74, 6) is 1.60. The van der Waals surface area contributed by atoms with E-state index in [0.717, 1.165) is 62.0 Å². The first kappa shape index (κ1) is 31.5. The summed E-state index contributed by atoms with van der Waals surface area (Å²) in [6, 6.07) is 25.7. The van der Waals surface area contributed by atoms with Crippen molar-refractivity contribution in [1.82, 2.24) is 0 Å². The summed E-state index contributed by atoms with van der Waals surface area (Å²) >= 11 is 0. The van der Waals surface area contributed by atoms with E-state index in [1.807, 2.05) is 54.6 Å². The van der Waals surface area contributed by atoms with Crippen LogP contribution >= 0.6 is 0 Å². The van der Waals surface area contributed by atoms with Gasteiger partial charge < -0.3 is 18.9 Å². The summed E-state index contributed by atoms with van der Waals surface area (Å²) in [6.07, 6.45) is 11.2. The summed E-state index contributed by atoms with van der Waals surface area (Å²) in [6.45, 7) is 1.35. The summed E-state index contributed by atoms with van der Waals surface area (Å²) in [4.78, 5) is 23.2. The second-order valence-electron chi connectivity index (χ2n) is 9.97. The Labute approximate surface area is 244 Å². The zero-order valence-electron chi connectivity index (χ0n) is 24.3. The van der Waals surface area contributed by atoms with E-state index in [9.17, 15) is 9.59 Å². The molecule has 0 radical (unpaired) electrons. The van der Waals surface area contributed by atoms with Crippen molar-refractivity contribution in [2.24, 2.45) is 5.92 Å². The number of methoxy groups -OCH3 is 2. The van der Waals surface area contributed by atoms with Gasteiger partial charge in [0, 0.05) is 6.42 Å². The first-order chi connectivity index (χ1) is 20.1. The second kappa shape index (κ2) is 18.3. The summed E-state index contributed by atoms with van der Waals surface area (Å²) < 4.78 is 21.2. The number of esters is 2. The van der Waals surface area contributed by atoms with Crippen LogP contribution in [0.5, 0.6) is 11.5 Å². The maximum atomic E-state index is 11.7. The van der Waals surface area contributed by atoms with Crippen molar-refractivity contribution < 1.29 is 28.5 Å². The Morgan fingerprint density at radius 3 is 1.98 bits per heavy atom. The normalized spacial score (nSPS) is 11.7. The Hall–Kier alpha value is -4.06. The van der Waals surface area contributed by atoms with Crippen molar-refractivity contribution in [2.75, 3.05) is 27.4 Å². The van der Waals surface area contributed by atoms with E-state index in [2.05, 4.69) is 24.3 Å². The van der Waals surface area contributed by atoms with Gasteiger partial charge in [-0.2, -0.15) is 0 Å². The molecule has 0 bridgehead atoms. The number of carbonyl (C=O) groups excluding carboxylic acids is 2. The maximum absolute atomic E-state index is 11.7. The lowest BCUT2D eigenvalue weighted by Gasteiger charge is -2.13. The Bertz CT molecular complexity index is 1190. The second-order valence-corrected chi connectivity index (χ2v) is 9.97. The summed E-state index contributed by atoms with van der Waals surface area (Å²) in [5, 5.41) is 0. The van der Waals surface area contributed by atoms with Crippen LogP contribution in [0.4, 0.5) is 0 Å². The molecule has 1 unspecified atom stereocenters. The lowest BCUT2D eigenvalue weighted by Crippen LogP contribution is -2.05. The monoisotopic (exact) mass is 558 g/mol. The molecule has 218 valence electrons. The van der Waals surface area contributed by atoms with Crippen molar-refractivity contribution in [3.63, 3.8) is 0 Å². The largest absolute Gasteiger partial charge is 0.494 e. The molecule has 0 aromatic heterocycles. The number of hydrogen-bond donors (Lipinski definition) is 0. The standard InChI is InChI=1S/C35H42O6/c1-38-34(36)16-7-6-11-29(27-30-17-21-31(22-18-30)35(37)39-2)13-10-12-28-19-23-33(24-20-28)41-26-9-8-25-40-32-14-4-3-5-15-32/h3-5,10,13-15,17-24,29H,6-9,11-12,16,25-27H2,1-2H3/b13-10-. The first-order valence-electron chi connectivity index (χ1n) is 14.4. The molecule has 3 aromatic carbocycles. The maximum Gasteiger partial charge on any atom is 0.337 e. The van der Waals surface area contributed by atoms with Gasteiger partial charge in [-0.15, -0.1) is 0 Å². The molecule has 6 heteroatoms. The predicted octanol–water partition coefficient (Wildman–Crippen LogP) is 7.40. The molecule has 0 heterocycles. The lowest BCUT2D eigenvalue weighted by atomic mass is 9.92. The minimum Gasteiger partial charge on any atom is -0.494 e. The van der Waals surface area contributed by atoms with Gasteiger partial charge in [-0.3, -0.25) is 4.79 Å². The van der Waals surface area contributed by atoms with Crippen LogP contribution in [0.2, 0.25) is 0 Å². The fraction of sp³-hybridized carbons (Fsp3) is 0.371. The average molecular weight is 559 g/mol. The highest BCUT2D eigenvalue weighted by atomic mass is 16.5. The van der Waals surface area contributed by atoms with Crippen LogP contribution in [-0.2, 0) is 27.1 Å².